The molecule has 0 radical (unpaired) electrons. The summed E-state index contributed by atoms with van der Waals surface area (Å²) < 4.78 is 18.9. The maximum absolute atomic E-state index is 13.3. The molecule has 0 aliphatic heterocycles. The van der Waals surface area contributed by atoms with Crippen molar-refractivity contribution in [2.45, 2.75) is 0 Å². The lowest BCUT2D eigenvalue weighted by atomic mass is 10.2. The average molecular weight is 407 g/mol. The fraction of sp³-hybridized carbons (Fsp3) is 0.158. The van der Waals surface area contributed by atoms with Crippen molar-refractivity contribution in [3.8, 4) is 0 Å². The van der Waals surface area contributed by atoms with Crippen molar-refractivity contribution in [2.75, 3.05) is 30.9 Å². The molecule has 0 saturated carbocycles. The number of nitrogens with one attached hydrogen (secondary N) is 1. The zero-order valence-electron chi connectivity index (χ0n) is 14.6. The highest BCUT2D eigenvalue weighted by Gasteiger charge is 2.19. The number of anilines is 2. The van der Waals surface area contributed by atoms with E-state index in [1.54, 1.807) is 12.1 Å². The van der Waals surface area contributed by atoms with E-state index in [0.29, 0.717) is 15.8 Å². The van der Waals surface area contributed by atoms with Crippen LogP contribution < -0.4 is 10.2 Å². The van der Waals surface area contributed by atoms with E-state index in [4.69, 9.17) is 16.3 Å². The summed E-state index contributed by atoms with van der Waals surface area (Å²) in [5.74, 6) is -1.61. The Morgan fingerprint density at radius 3 is 2.56 bits per heavy atom. The Morgan fingerprint density at radius 1 is 1.19 bits per heavy atom. The maximum atomic E-state index is 13.3. The highest BCUT2D eigenvalue weighted by atomic mass is 35.5. The number of hydrogen-bond acceptors (Lipinski definition) is 5. The third-order valence-electron chi connectivity index (χ3n) is 3.78. The summed E-state index contributed by atoms with van der Waals surface area (Å²) in [6.07, 6.45) is 0. The Morgan fingerprint density at radius 2 is 1.89 bits per heavy atom. The van der Waals surface area contributed by atoms with Crippen molar-refractivity contribution in [1.82, 2.24) is 0 Å². The van der Waals surface area contributed by atoms with E-state index in [-0.39, 0.29) is 9.90 Å². The van der Waals surface area contributed by atoms with Crippen LogP contribution in [0.4, 0.5) is 15.8 Å². The molecule has 1 aromatic heterocycles. The van der Waals surface area contributed by atoms with E-state index in [1.165, 1.54) is 18.2 Å². The lowest BCUT2D eigenvalue weighted by Gasteiger charge is -2.13. The molecule has 0 spiro atoms. The minimum Gasteiger partial charge on any atom is -0.451 e. The van der Waals surface area contributed by atoms with Crippen molar-refractivity contribution in [1.29, 1.82) is 0 Å². The van der Waals surface area contributed by atoms with Crippen LogP contribution in [0.5, 0.6) is 0 Å². The number of fused-ring (bicyclic) bond motifs is 1. The van der Waals surface area contributed by atoms with Gasteiger partial charge in [-0.3, -0.25) is 4.79 Å². The van der Waals surface area contributed by atoms with Crippen molar-refractivity contribution in [3.63, 3.8) is 0 Å². The first-order valence-corrected chi connectivity index (χ1v) is 9.16. The number of ether oxygens (including phenoxy) is 1. The first-order chi connectivity index (χ1) is 12.8. The van der Waals surface area contributed by atoms with Crippen molar-refractivity contribution >= 4 is 56.3 Å². The maximum Gasteiger partial charge on any atom is 0.350 e. The summed E-state index contributed by atoms with van der Waals surface area (Å²) in [6.45, 7) is -0.451. The van der Waals surface area contributed by atoms with Gasteiger partial charge in [0.2, 0.25) is 0 Å². The molecule has 1 heterocycles. The first kappa shape index (κ1) is 19.1. The molecule has 0 aliphatic rings. The van der Waals surface area contributed by atoms with Gasteiger partial charge in [0, 0.05) is 35.6 Å². The summed E-state index contributed by atoms with van der Waals surface area (Å²) in [6, 6.07) is 11.3. The van der Waals surface area contributed by atoms with Gasteiger partial charge in [-0.15, -0.1) is 11.3 Å². The van der Waals surface area contributed by atoms with E-state index in [0.717, 1.165) is 17.0 Å². The molecule has 0 unspecified atom stereocenters. The van der Waals surface area contributed by atoms with Gasteiger partial charge in [-0.2, -0.15) is 0 Å². The Labute approximate surface area is 164 Å². The SMILES string of the molecule is CN(C)c1ccc(NC(=O)COC(=O)c2sc3cc(F)ccc3c2Cl)cc1. The zero-order chi connectivity index (χ0) is 19.6. The number of halogens is 2. The zero-order valence-corrected chi connectivity index (χ0v) is 16.2. The predicted molar refractivity (Wildman–Crippen MR) is 106 cm³/mol. The molecular formula is C19H16ClFN2O3S. The standard InChI is InChI=1S/C19H16ClFN2O3S/c1-23(2)13-6-4-12(5-7-13)22-16(24)10-26-19(25)18-17(20)14-8-3-11(21)9-15(14)27-18/h3-9H,10H2,1-2H3,(H,22,24). The number of thiophene rings is 1. The Bertz CT molecular complexity index is 1000. The van der Waals surface area contributed by atoms with Crippen LogP contribution in [0, 0.1) is 5.82 Å². The fourth-order valence-corrected chi connectivity index (χ4v) is 3.83. The number of carbonyl (C=O) groups excluding carboxylic acids is 2. The van der Waals surface area contributed by atoms with Crippen LogP contribution in [0.3, 0.4) is 0 Å². The monoisotopic (exact) mass is 406 g/mol. The molecule has 0 atom stereocenters. The van der Waals surface area contributed by atoms with E-state index in [1.807, 2.05) is 31.1 Å². The molecule has 0 fully saturated rings. The molecule has 5 nitrogen and oxygen atoms in total. The van der Waals surface area contributed by atoms with Crippen LogP contribution in [0.2, 0.25) is 5.02 Å². The predicted octanol–water partition coefficient (Wildman–Crippen LogP) is 4.56. The van der Waals surface area contributed by atoms with Gasteiger partial charge in [0.15, 0.2) is 6.61 Å². The Hall–Kier alpha value is -2.64. The van der Waals surface area contributed by atoms with Crippen LogP contribution in [0.15, 0.2) is 42.5 Å². The van der Waals surface area contributed by atoms with Gasteiger partial charge >= 0.3 is 5.97 Å². The third-order valence-corrected chi connectivity index (χ3v) is 5.42. The minimum atomic E-state index is -0.722. The molecule has 3 rings (SSSR count). The lowest BCUT2D eigenvalue weighted by molar-refractivity contribution is -0.119. The van der Waals surface area contributed by atoms with E-state index >= 15 is 0 Å². The number of amides is 1. The van der Waals surface area contributed by atoms with Crippen molar-refractivity contribution in [3.05, 3.63) is 58.2 Å². The first-order valence-electron chi connectivity index (χ1n) is 7.97. The van der Waals surface area contributed by atoms with Gasteiger partial charge < -0.3 is 15.0 Å². The Balaban J connectivity index is 1.61. The summed E-state index contributed by atoms with van der Waals surface area (Å²) in [4.78, 5) is 26.3. The Kier molecular flexibility index (Phi) is 5.62. The minimum absolute atomic E-state index is 0.139. The number of nitrogens with zero attached hydrogens (tertiary/aromatic N) is 1. The number of hydrogen-bond donors (Lipinski definition) is 1. The average Bonchev–Trinajstić information content (AvgIpc) is 2.96. The molecule has 1 N–H and O–H groups in total. The second-order valence-corrected chi connectivity index (χ2v) is 7.38. The highest BCUT2D eigenvalue weighted by molar-refractivity contribution is 7.21. The summed E-state index contributed by atoms with van der Waals surface area (Å²) in [7, 11) is 3.83. The quantitative estimate of drug-likeness (QED) is 0.631. The normalized spacial score (nSPS) is 10.7. The summed E-state index contributed by atoms with van der Waals surface area (Å²) in [5, 5.41) is 3.41. The molecule has 3 aromatic rings. The van der Waals surface area contributed by atoms with Gasteiger partial charge in [0.05, 0.1) is 5.02 Å². The van der Waals surface area contributed by atoms with Gasteiger partial charge in [-0.1, -0.05) is 11.6 Å². The van der Waals surface area contributed by atoms with Gasteiger partial charge in [-0.05, 0) is 42.5 Å². The third kappa shape index (κ3) is 4.37. The number of esters is 1. The smallest absolute Gasteiger partial charge is 0.350 e. The molecule has 2 aromatic carbocycles. The molecule has 8 heteroatoms. The second kappa shape index (κ2) is 7.94. The van der Waals surface area contributed by atoms with E-state index in [2.05, 4.69) is 5.32 Å². The van der Waals surface area contributed by atoms with Gasteiger partial charge in [0.1, 0.15) is 10.7 Å². The van der Waals surface area contributed by atoms with Crippen molar-refractivity contribution < 1.29 is 18.7 Å². The molecule has 0 saturated heterocycles. The largest absolute Gasteiger partial charge is 0.451 e. The van der Waals surface area contributed by atoms with Crippen molar-refractivity contribution in [2.24, 2.45) is 0 Å². The molecule has 0 aliphatic carbocycles. The number of carbonyl (C=O) groups is 2. The van der Waals surface area contributed by atoms with Gasteiger partial charge in [0.25, 0.3) is 5.91 Å². The molecule has 0 bridgehead atoms. The van der Waals surface area contributed by atoms with Gasteiger partial charge in [-0.25, -0.2) is 9.18 Å². The summed E-state index contributed by atoms with van der Waals surface area (Å²) in [5.41, 5.74) is 1.59. The number of rotatable bonds is 5. The van der Waals surface area contributed by atoms with Crippen LogP contribution in [-0.4, -0.2) is 32.6 Å². The fourth-order valence-electron chi connectivity index (χ4n) is 2.41. The van der Waals surface area contributed by atoms with Crippen LogP contribution >= 0.6 is 22.9 Å². The lowest BCUT2D eigenvalue weighted by Crippen LogP contribution is -2.20. The van der Waals surface area contributed by atoms with Crippen LogP contribution in [-0.2, 0) is 9.53 Å². The summed E-state index contributed by atoms with van der Waals surface area (Å²) >= 11 is 7.20. The van der Waals surface area contributed by atoms with E-state index < -0.39 is 24.3 Å². The van der Waals surface area contributed by atoms with E-state index in [9.17, 15) is 14.0 Å². The molecule has 27 heavy (non-hydrogen) atoms. The molecule has 1 amide bonds. The number of benzene rings is 2. The highest BCUT2D eigenvalue weighted by Crippen LogP contribution is 2.36. The molecule has 140 valence electrons. The van der Waals surface area contributed by atoms with Crippen LogP contribution in [0.1, 0.15) is 9.67 Å². The van der Waals surface area contributed by atoms with Crippen LogP contribution in [0.25, 0.3) is 10.1 Å². The molecular weight excluding hydrogens is 391 g/mol. The second-order valence-electron chi connectivity index (χ2n) is 5.95. The topological polar surface area (TPSA) is 58.6 Å².